The van der Waals surface area contributed by atoms with Crippen molar-refractivity contribution in [3.63, 3.8) is 0 Å². The van der Waals surface area contributed by atoms with Crippen LogP contribution in [0.3, 0.4) is 0 Å². The average molecular weight is 333 g/mol. The quantitative estimate of drug-likeness (QED) is 0.831. The summed E-state index contributed by atoms with van der Waals surface area (Å²) in [5.74, 6) is -1.64. The summed E-state index contributed by atoms with van der Waals surface area (Å²) >= 11 is 2.88. The van der Waals surface area contributed by atoms with Crippen LogP contribution in [0.5, 0.6) is 0 Å². The lowest BCUT2D eigenvalue weighted by atomic mass is 10.2. The Hall–Kier alpha value is -1.01. The van der Waals surface area contributed by atoms with Gasteiger partial charge in [-0.25, -0.2) is 8.78 Å². The molecule has 6 heteroatoms. The maximum Gasteiger partial charge on any atom is 0.238 e. The van der Waals surface area contributed by atoms with Crippen LogP contribution in [-0.2, 0) is 4.79 Å². The lowest BCUT2D eigenvalue weighted by Gasteiger charge is -2.12. The van der Waals surface area contributed by atoms with Crippen LogP contribution in [0.1, 0.15) is 25.7 Å². The second kappa shape index (κ2) is 6.43. The Kier molecular flexibility index (Phi) is 4.87. The predicted octanol–water partition coefficient (Wildman–Crippen LogP) is 3.20. The summed E-state index contributed by atoms with van der Waals surface area (Å²) < 4.78 is 26.8. The lowest BCUT2D eigenvalue weighted by molar-refractivity contribution is -0.115. The van der Waals surface area contributed by atoms with Crippen molar-refractivity contribution in [1.82, 2.24) is 5.32 Å². The Morgan fingerprint density at radius 1 is 1.26 bits per heavy atom. The van der Waals surface area contributed by atoms with E-state index in [-0.39, 0.29) is 22.6 Å². The van der Waals surface area contributed by atoms with Gasteiger partial charge in [-0.05, 0) is 34.8 Å². The third-order valence-electron chi connectivity index (χ3n) is 3.19. The molecule has 1 saturated carbocycles. The monoisotopic (exact) mass is 332 g/mol. The van der Waals surface area contributed by atoms with Crippen LogP contribution in [0.4, 0.5) is 14.5 Å². The van der Waals surface area contributed by atoms with Crippen molar-refractivity contribution in [3.8, 4) is 0 Å². The highest BCUT2D eigenvalue weighted by Crippen LogP contribution is 2.23. The van der Waals surface area contributed by atoms with Crippen molar-refractivity contribution >= 4 is 27.5 Å². The molecule has 1 aliphatic rings. The number of carbonyl (C=O) groups excluding carboxylic acids is 1. The van der Waals surface area contributed by atoms with E-state index in [0.29, 0.717) is 6.04 Å². The molecule has 0 radical (unpaired) electrons. The molecule has 1 aromatic rings. The average Bonchev–Trinajstić information content (AvgIpc) is 2.86. The van der Waals surface area contributed by atoms with Crippen molar-refractivity contribution in [2.45, 2.75) is 31.7 Å². The zero-order valence-electron chi connectivity index (χ0n) is 10.3. The molecule has 3 nitrogen and oxygen atoms in total. The summed E-state index contributed by atoms with van der Waals surface area (Å²) in [6.45, 7) is 0.113. The molecule has 1 amide bonds. The fourth-order valence-corrected chi connectivity index (χ4v) is 2.50. The Morgan fingerprint density at radius 3 is 2.63 bits per heavy atom. The molecule has 1 aromatic carbocycles. The largest absolute Gasteiger partial charge is 0.322 e. The van der Waals surface area contributed by atoms with Crippen molar-refractivity contribution in [1.29, 1.82) is 0 Å². The Morgan fingerprint density at radius 2 is 1.95 bits per heavy atom. The van der Waals surface area contributed by atoms with Gasteiger partial charge in [0, 0.05) is 12.1 Å². The highest BCUT2D eigenvalue weighted by Gasteiger charge is 2.16. The molecule has 0 unspecified atom stereocenters. The summed E-state index contributed by atoms with van der Waals surface area (Å²) in [6, 6.07) is 2.32. The summed E-state index contributed by atoms with van der Waals surface area (Å²) in [5.41, 5.74) is -0.140. The van der Waals surface area contributed by atoms with Gasteiger partial charge in [-0.1, -0.05) is 12.8 Å². The maximum atomic E-state index is 13.5. The van der Waals surface area contributed by atoms with Crippen molar-refractivity contribution in [3.05, 3.63) is 28.2 Å². The number of carbonyl (C=O) groups is 1. The van der Waals surface area contributed by atoms with E-state index >= 15 is 0 Å². The van der Waals surface area contributed by atoms with Gasteiger partial charge in [0.05, 0.1) is 16.7 Å². The highest BCUT2D eigenvalue weighted by atomic mass is 79.9. The first kappa shape index (κ1) is 14.4. The maximum absolute atomic E-state index is 13.5. The summed E-state index contributed by atoms with van der Waals surface area (Å²) in [6.07, 6.45) is 4.47. The molecule has 0 bridgehead atoms. The minimum atomic E-state index is -0.664. The molecule has 0 spiro atoms. The van der Waals surface area contributed by atoms with Crippen molar-refractivity contribution in [2.75, 3.05) is 11.9 Å². The van der Waals surface area contributed by atoms with Crippen LogP contribution in [0.15, 0.2) is 16.6 Å². The highest BCUT2D eigenvalue weighted by molar-refractivity contribution is 9.10. The van der Waals surface area contributed by atoms with E-state index in [1.54, 1.807) is 0 Å². The zero-order chi connectivity index (χ0) is 13.8. The molecule has 104 valence electrons. The third-order valence-corrected chi connectivity index (χ3v) is 3.80. The smallest absolute Gasteiger partial charge is 0.238 e. The van der Waals surface area contributed by atoms with E-state index in [4.69, 9.17) is 0 Å². The van der Waals surface area contributed by atoms with Gasteiger partial charge in [0.15, 0.2) is 0 Å². The molecule has 2 N–H and O–H groups in total. The lowest BCUT2D eigenvalue weighted by Crippen LogP contribution is -2.34. The number of halogens is 3. The molecule has 0 heterocycles. The van der Waals surface area contributed by atoms with Crippen LogP contribution in [-0.4, -0.2) is 18.5 Å². The molecule has 0 aromatic heterocycles. The van der Waals surface area contributed by atoms with Crippen LogP contribution < -0.4 is 10.6 Å². The molecule has 0 aliphatic heterocycles. The first-order chi connectivity index (χ1) is 9.06. The predicted molar refractivity (Wildman–Crippen MR) is 72.9 cm³/mol. The molecule has 2 rings (SSSR count). The normalized spacial score (nSPS) is 15.7. The molecule has 19 heavy (non-hydrogen) atoms. The minimum Gasteiger partial charge on any atom is -0.322 e. The van der Waals surface area contributed by atoms with Crippen LogP contribution in [0.25, 0.3) is 0 Å². The summed E-state index contributed by atoms with van der Waals surface area (Å²) in [5, 5.41) is 5.47. The SMILES string of the molecule is O=C(CNC1CCCC1)Nc1cc(F)c(Br)cc1F. The van der Waals surface area contributed by atoms with Gasteiger partial charge >= 0.3 is 0 Å². The first-order valence-corrected chi connectivity index (χ1v) is 7.03. The molecule has 1 aliphatic carbocycles. The fourth-order valence-electron chi connectivity index (χ4n) is 2.18. The minimum absolute atomic E-state index is 0.0343. The topological polar surface area (TPSA) is 41.1 Å². The van der Waals surface area contributed by atoms with E-state index in [0.717, 1.165) is 25.0 Å². The number of amides is 1. The van der Waals surface area contributed by atoms with Gasteiger partial charge in [-0.2, -0.15) is 0 Å². The van der Waals surface area contributed by atoms with E-state index in [1.165, 1.54) is 12.8 Å². The number of hydrogen-bond donors (Lipinski definition) is 2. The summed E-state index contributed by atoms with van der Waals surface area (Å²) in [7, 11) is 0. The third kappa shape index (κ3) is 3.98. The van der Waals surface area contributed by atoms with Gasteiger partial charge < -0.3 is 10.6 Å². The Labute approximate surface area is 118 Å². The van der Waals surface area contributed by atoms with Crippen LogP contribution >= 0.6 is 15.9 Å². The second-order valence-electron chi connectivity index (χ2n) is 4.66. The molecular weight excluding hydrogens is 318 g/mol. The van der Waals surface area contributed by atoms with E-state index < -0.39 is 11.6 Å². The van der Waals surface area contributed by atoms with E-state index in [2.05, 4.69) is 26.6 Å². The molecule has 1 fully saturated rings. The summed E-state index contributed by atoms with van der Waals surface area (Å²) in [4.78, 5) is 11.6. The molecule has 0 atom stereocenters. The number of anilines is 1. The van der Waals surface area contributed by atoms with Gasteiger partial charge in [0.25, 0.3) is 0 Å². The van der Waals surface area contributed by atoms with Crippen LogP contribution in [0.2, 0.25) is 0 Å². The number of rotatable bonds is 4. The van der Waals surface area contributed by atoms with Gasteiger partial charge in [0.2, 0.25) is 5.91 Å². The molecular formula is C13H15BrF2N2O. The first-order valence-electron chi connectivity index (χ1n) is 6.24. The standard InChI is InChI=1S/C13H15BrF2N2O/c14-9-5-11(16)12(6-10(9)15)18-13(19)7-17-8-3-1-2-4-8/h5-6,8,17H,1-4,7H2,(H,18,19). The zero-order valence-corrected chi connectivity index (χ0v) is 11.9. The van der Waals surface area contributed by atoms with Gasteiger partial charge in [-0.15, -0.1) is 0 Å². The van der Waals surface area contributed by atoms with Gasteiger partial charge in [0.1, 0.15) is 11.6 Å². The van der Waals surface area contributed by atoms with Crippen LogP contribution in [0, 0.1) is 11.6 Å². The van der Waals surface area contributed by atoms with E-state index in [1.807, 2.05) is 0 Å². The van der Waals surface area contributed by atoms with Crippen molar-refractivity contribution in [2.24, 2.45) is 0 Å². The Balaban J connectivity index is 1.89. The number of benzene rings is 1. The number of nitrogens with one attached hydrogen (secondary N) is 2. The van der Waals surface area contributed by atoms with E-state index in [9.17, 15) is 13.6 Å². The van der Waals surface area contributed by atoms with Gasteiger partial charge in [-0.3, -0.25) is 4.79 Å². The second-order valence-corrected chi connectivity index (χ2v) is 5.51. The fraction of sp³-hybridized carbons (Fsp3) is 0.462. The number of hydrogen-bond acceptors (Lipinski definition) is 2. The Bertz CT molecular complexity index is 476. The van der Waals surface area contributed by atoms with Crippen molar-refractivity contribution < 1.29 is 13.6 Å². The molecule has 0 saturated heterocycles.